The minimum absolute atomic E-state index is 0.0178. The summed E-state index contributed by atoms with van der Waals surface area (Å²) >= 11 is 0.865. The largest absolute Gasteiger partial charge is 0.417 e. The number of aromatic nitrogens is 2. The Kier molecular flexibility index (Phi) is 4.69. The zero-order valence-electron chi connectivity index (χ0n) is 12.9. The van der Waals surface area contributed by atoms with Gasteiger partial charge >= 0.3 is 6.18 Å². The fourth-order valence-corrected chi connectivity index (χ4v) is 2.99. The van der Waals surface area contributed by atoms with E-state index in [1.807, 2.05) is 6.07 Å². The van der Waals surface area contributed by atoms with Crippen LogP contribution in [-0.2, 0) is 6.18 Å². The van der Waals surface area contributed by atoms with Gasteiger partial charge in [0.25, 0.3) is 5.91 Å². The van der Waals surface area contributed by atoms with Crippen molar-refractivity contribution in [3.8, 4) is 17.5 Å². The molecule has 0 aliphatic heterocycles. The fourth-order valence-electron chi connectivity index (χ4n) is 2.22. The van der Waals surface area contributed by atoms with E-state index in [1.54, 1.807) is 18.2 Å². The zero-order chi connectivity index (χ0) is 18.7. The van der Waals surface area contributed by atoms with Crippen LogP contribution in [0.1, 0.15) is 20.8 Å². The highest BCUT2D eigenvalue weighted by Gasteiger charge is 2.35. The van der Waals surface area contributed by atoms with Crippen LogP contribution >= 0.6 is 11.3 Å². The summed E-state index contributed by atoms with van der Waals surface area (Å²) in [6, 6.07) is 11.4. The predicted octanol–water partition coefficient (Wildman–Crippen LogP) is 4.35. The number of halogens is 3. The summed E-state index contributed by atoms with van der Waals surface area (Å²) in [6.07, 6.45) is -3.14. The number of carbonyl (C=O) groups excluding carboxylic acids is 1. The molecule has 1 N–H and O–H groups in total. The molecule has 2 heterocycles. The molecule has 0 saturated carbocycles. The number of nitrogens with zero attached hydrogens (tertiary/aromatic N) is 3. The molecule has 2 aromatic heterocycles. The Morgan fingerprint density at radius 1 is 1.15 bits per heavy atom. The van der Waals surface area contributed by atoms with Crippen molar-refractivity contribution in [1.29, 1.82) is 5.26 Å². The van der Waals surface area contributed by atoms with E-state index in [0.29, 0.717) is 5.69 Å². The number of amides is 1. The van der Waals surface area contributed by atoms with Crippen LogP contribution in [0.5, 0.6) is 0 Å². The number of hydrogen-bond donors (Lipinski definition) is 1. The fraction of sp³-hybridized carbons (Fsp3) is 0.0588. The van der Waals surface area contributed by atoms with Gasteiger partial charge in [-0.25, -0.2) is 4.98 Å². The van der Waals surface area contributed by atoms with Crippen molar-refractivity contribution >= 4 is 22.4 Å². The van der Waals surface area contributed by atoms with E-state index >= 15 is 0 Å². The third-order valence-electron chi connectivity index (χ3n) is 3.33. The molecule has 0 aliphatic carbocycles. The molecule has 3 aromatic rings. The highest BCUT2D eigenvalue weighted by atomic mass is 32.1. The number of rotatable bonds is 3. The SMILES string of the molecule is N#Cc1sc(NC(=O)c2ccccc2C(F)(F)F)nc1-c1ccccn1. The third kappa shape index (κ3) is 3.55. The Morgan fingerprint density at radius 3 is 2.54 bits per heavy atom. The van der Waals surface area contributed by atoms with Gasteiger partial charge in [0.15, 0.2) is 5.13 Å². The molecule has 0 fully saturated rings. The molecule has 26 heavy (non-hydrogen) atoms. The number of anilines is 1. The second-order valence-electron chi connectivity index (χ2n) is 5.02. The van der Waals surface area contributed by atoms with Gasteiger partial charge in [-0.3, -0.25) is 15.1 Å². The lowest BCUT2D eigenvalue weighted by Crippen LogP contribution is -2.18. The van der Waals surface area contributed by atoms with Crippen LogP contribution in [0.4, 0.5) is 18.3 Å². The minimum Gasteiger partial charge on any atom is -0.298 e. The Bertz CT molecular complexity index is 993. The number of hydrogen-bond acceptors (Lipinski definition) is 5. The highest BCUT2D eigenvalue weighted by Crippen LogP contribution is 2.33. The number of nitriles is 1. The van der Waals surface area contributed by atoms with Gasteiger partial charge in [-0.1, -0.05) is 29.5 Å². The Morgan fingerprint density at radius 2 is 1.88 bits per heavy atom. The third-order valence-corrected chi connectivity index (χ3v) is 4.21. The molecule has 1 amide bonds. The first-order chi connectivity index (χ1) is 12.4. The average Bonchev–Trinajstić information content (AvgIpc) is 3.04. The zero-order valence-corrected chi connectivity index (χ0v) is 13.7. The first kappa shape index (κ1) is 17.6. The maximum Gasteiger partial charge on any atom is 0.417 e. The van der Waals surface area contributed by atoms with E-state index in [4.69, 9.17) is 0 Å². The lowest BCUT2D eigenvalue weighted by atomic mass is 10.1. The van der Waals surface area contributed by atoms with E-state index < -0.39 is 23.2 Å². The Labute approximate surface area is 149 Å². The van der Waals surface area contributed by atoms with Gasteiger partial charge in [-0.05, 0) is 24.3 Å². The molecule has 0 spiro atoms. The Hall–Kier alpha value is -3.25. The monoisotopic (exact) mass is 374 g/mol. The molecular formula is C17H9F3N4OS. The lowest BCUT2D eigenvalue weighted by Gasteiger charge is -2.11. The quantitative estimate of drug-likeness (QED) is 0.739. The molecule has 1 aromatic carbocycles. The van der Waals surface area contributed by atoms with Crippen LogP contribution in [0.3, 0.4) is 0 Å². The molecule has 0 radical (unpaired) electrons. The van der Waals surface area contributed by atoms with E-state index in [-0.39, 0.29) is 15.7 Å². The van der Waals surface area contributed by atoms with Crippen molar-refractivity contribution in [2.24, 2.45) is 0 Å². The molecule has 130 valence electrons. The van der Waals surface area contributed by atoms with Gasteiger partial charge in [-0.2, -0.15) is 18.4 Å². The molecule has 0 saturated heterocycles. The number of alkyl halides is 3. The van der Waals surface area contributed by atoms with Crippen molar-refractivity contribution in [3.63, 3.8) is 0 Å². The van der Waals surface area contributed by atoms with Crippen LogP contribution < -0.4 is 5.32 Å². The van der Waals surface area contributed by atoms with Crippen molar-refractivity contribution in [2.75, 3.05) is 5.32 Å². The molecular weight excluding hydrogens is 365 g/mol. The first-order valence-electron chi connectivity index (χ1n) is 7.20. The smallest absolute Gasteiger partial charge is 0.298 e. The number of pyridine rings is 1. The number of carbonyl (C=O) groups is 1. The van der Waals surface area contributed by atoms with Gasteiger partial charge < -0.3 is 0 Å². The van der Waals surface area contributed by atoms with Crippen LogP contribution in [0.25, 0.3) is 11.4 Å². The molecule has 0 bridgehead atoms. The summed E-state index contributed by atoms with van der Waals surface area (Å²) in [5, 5.41) is 11.6. The normalized spacial score (nSPS) is 11.0. The molecule has 0 unspecified atom stereocenters. The van der Waals surface area contributed by atoms with E-state index in [2.05, 4.69) is 15.3 Å². The number of benzene rings is 1. The molecule has 5 nitrogen and oxygen atoms in total. The van der Waals surface area contributed by atoms with Crippen LogP contribution in [0, 0.1) is 11.3 Å². The summed E-state index contributed by atoms with van der Waals surface area (Å²) in [5.41, 5.74) is -0.874. The Balaban J connectivity index is 1.93. The standard InChI is InChI=1S/C17H9F3N4OS/c18-17(19,20)11-6-2-1-5-10(11)15(25)24-16-23-14(13(9-21)26-16)12-7-3-4-8-22-12/h1-8H,(H,23,24,25). The van der Waals surface area contributed by atoms with Gasteiger partial charge in [0, 0.05) is 6.20 Å². The molecule has 9 heteroatoms. The van der Waals surface area contributed by atoms with Crippen LogP contribution in [0.2, 0.25) is 0 Å². The van der Waals surface area contributed by atoms with E-state index in [9.17, 15) is 23.2 Å². The second kappa shape index (κ2) is 6.93. The van der Waals surface area contributed by atoms with Crippen molar-refractivity contribution < 1.29 is 18.0 Å². The highest BCUT2D eigenvalue weighted by molar-refractivity contribution is 7.16. The second-order valence-corrected chi connectivity index (χ2v) is 6.02. The molecule has 0 atom stereocenters. The first-order valence-corrected chi connectivity index (χ1v) is 8.01. The van der Waals surface area contributed by atoms with Crippen LogP contribution in [-0.4, -0.2) is 15.9 Å². The molecule has 3 rings (SSSR count). The summed E-state index contributed by atoms with van der Waals surface area (Å²) in [5.74, 6) is -0.955. The van der Waals surface area contributed by atoms with Crippen LogP contribution in [0.15, 0.2) is 48.7 Å². The van der Waals surface area contributed by atoms with E-state index in [0.717, 1.165) is 23.5 Å². The average molecular weight is 374 g/mol. The van der Waals surface area contributed by atoms with Crippen molar-refractivity contribution in [2.45, 2.75) is 6.18 Å². The summed E-state index contributed by atoms with van der Waals surface area (Å²) in [7, 11) is 0. The van der Waals surface area contributed by atoms with Gasteiger partial charge in [-0.15, -0.1) is 0 Å². The predicted molar refractivity (Wildman–Crippen MR) is 89.5 cm³/mol. The summed E-state index contributed by atoms with van der Waals surface area (Å²) < 4.78 is 39.1. The van der Waals surface area contributed by atoms with E-state index in [1.165, 1.54) is 18.3 Å². The van der Waals surface area contributed by atoms with Crippen molar-refractivity contribution in [3.05, 3.63) is 64.7 Å². The van der Waals surface area contributed by atoms with Gasteiger partial charge in [0.2, 0.25) is 0 Å². The summed E-state index contributed by atoms with van der Waals surface area (Å²) in [4.78, 5) is 20.7. The maximum atomic E-state index is 13.0. The lowest BCUT2D eigenvalue weighted by molar-refractivity contribution is -0.137. The summed E-state index contributed by atoms with van der Waals surface area (Å²) in [6.45, 7) is 0. The maximum absolute atomic E-state index is 13.0. The molecule has 0 aliphatic rings. The topological polar surface area (TPSA) is 78.7 Å². The van der Waals surface area contributed by atoms with Crippen molar-refractivity contribution in [1.82, 2.24) is 9.97 Å². The number of thiazole rings is 1. The van der Waals surface area contributed by atoms with Gasteiger partial charge in [0.05, 0.1) is 16.8 Å². The number of nitrogens with one attached hydrogen (secondary N) is 1. The van der Waals surface area contributed by atoms with Gasteiger partial charge in [0.1, 0.15) is 16.6 Å². The minimum atomic E-state index is -4.66.